The van der Waals surface area contributed by atoms with Gasteiger partial charge in [-0.1, -0.05) is 23.8 Å². The number of ether oxygens (including phenoxy) is 2. The highest BCUT2D eigenvalue weighted by molar-refractivity contribution is 5.77. The Bertz CT molecular complexity index is 657. The predicted molar refractivity (Wildman–Crippen MR) is 105 cm³/mol. The highest BCUT2D eigenvalue weighted by Gasteiger charge is 2.12. The molecule has 0 heterocycles. The van der Waals surface area contributed by atoms with E-state index in [1.54, 1.807) is 31.1 Å². The molecule has 0 atom stereocenters. The number of nitrogens with zero attached hydrogens (tertiary/aromatic N) is 1. The number of amides is 2. The quantitative estimate of drug-likeness (QED) is 0.640. The summed E-state index contributed by atoms with van der Waals surface area (Å²) in [7, 11) is 1.56. The van der Waals surface area contributed by atoms with Crippen molar-refractivity contribution in [3.05, 3.63) is 35.9 Å². The Morgan fingerprint density at radius 1 is 1.15 bits per heavy atom. The average Bonchev–Trinajstić information content (AvgIpc) is 2.69. The molecule has 6 nitrogen and oxygen atoms in total. The first kappa shape index (κ1) is 20.8. The van der Waals surface area contributed by atoms with Gasteiger partial charge >= 0.3 is 0 Å². The van der Waals surface area contributed by atoms with Gasteiger partial charge in [-0.15, -0.1) is 0 Å². The fourth-order valence-electron chi connectivity index (χ4n) is 3.10. The third-order valence-electron chi connectivity index (χ3n) is 4.66. The SMILES string of the molecule is COc1ccccc1OCC(=O)NCCN(CCC1=CCCCC1)C(C)=O. The molecule has 1 N–H and O–H groups in total. The fourth-order valence-corrected chi connectivity index (χ4v) is 3.10. The van der Waals surface area contributed by atoms with E-state index < -0.39 is 0 Å². The number of carbonyl (C=O) groups excluding carboxylic acids is 2. The molecule has 0 saturated heterocycles. The number of benzene rings is 1. The van der Waals surface area contributed by atoms with Crippen LogP contribution in [0.2, 0.25) is 0 Å². The average molecular weight is 374 g/mol. The molecular formula is C21H30N2O4. The van der Waals surface area contributed by atoms with Crippen LogP contribution in [-0.4, -0.2) is 50.1 Å². The van der Waals surface area contributed by atoms with Crippen LogP contribution in [0.4, 0.5) is 0 Å². The summed E-state index contributed by atoms with van der Waals surface area (Å²) in [6, 6.07) is 7.19. The Balaban J connectivity index is 1.69. The van der Waals surface area contributed by atoms with Gasteiger partial charge in [0.1, 0.15) is 0 Å². The van der Waals surface area contributed by atoms with Crippen LogP contribution < -0.4 is 14.8 Å². The summed E-state index contributed by atoms with van der Waals surface area (Å²) < 4.78 is 10.7. The summed E-state index contributed by atoms with van der Waals surface area (Å²) in [6.45, 7) is 3.10. The molecule has 0 fully saturated rings. The van der Waals surface area contributed by atoms with Crippen molar-refractivity contribution < 1.29 is 19.1 Å². The summed E-state index contributed by atoms with van der Waals surface area (Å²) in [5, 5.41) is 2.80. The van der Waals surface area contributed by atoms with Gasteiger partial charge in [-0.25, -0.2) is 0 Å². The Kier molecular flexibility index (Phi) is 8.68. The van der Waals surface area contributed by atoms with Gasteiger partial charge in [-0.2, -0.15) is 0 Å². The second-order valence-electron chi connectivity index (χ2n) is 6.65. The van der Waals surface area contributed by atoms with Crippen LogP contribution in [0, 0.1) is 0 Å². The lowest BCUT2D eigenvalue weighted by Crippen LogP contribution is -2.39. The van der Waals surface area contributed by atoms with E-state index in [1.807, 2.05) is 12.1 Å². The molecule has 0 spiro atoms. The van der Waals surface area contributed by atoms with Gasteiger partial charge in [0.15, 0.2) is 18.1 Å². The standard InChI is InChI=1S/C21H30N2O4/c1-17(24)23(14-12-18-8-4-3-5-9-18)15-13-22-21(25)16-27-20-11-7-6-10-19(20)26-2/h6-8,10-11H,3-5,9,12-16H2,1-2H3,(H,22,25). The highest BCUT2D eigenvalue weighted by Crippen LogP contribution is 2.25. The Labute approximate surface area is 161 Å². The third kappa shape index (κ3) is 7.33. The second-order valence-corrected chi connectivity index (χ2v) is 6.65. The molecule has 6 heteroatoms. The monoisotopic (exact) mass is 374 g/mol. The zero-order chi connectivity index (χ0) is 19.5. The molecule has 0 aromatic heterocycles. The zero-order valence-corrected chi connectivity index (χ0v) is 16.3. The van der Waals surface area contributed by atoms with Crippen molar-refractivity contribution in [2.45, 2.75) is 39.0 Å². The molecule has 27 heavy (non-hydrogen) atoms. The van der Waals surface area contributed by atoms with Crippen LogP contribution in [0.25, 0.3) is 0 Å². The van der Waals surface area contributed by atoms with E-state index >= 15 is 0 Å². The number of allylic oxidation sites excluding steroid dienone is 1. The molecule has 2 rings (SSSR count). The van der Waals surface area contributed by atoms with E-state index in [-0.39, 0.29) is 18.4 Å². The summed E-state index contributed by atoms with van der Waals surface area (Å²) in [4.78, 5) is 25.6. The van der Waals surface area contributed by atoms with Crippen molar-refractivity contribution >= 4 is 11.8 Å². The Morgan fingerprint density at radius 2 is 1.93 bits per heavy atom. The maximum atomic E-state index is 12.0. The third-order valence-corrected chi connectivity index (χ3v) is 4.66. The maximum absolute atomic E-state index is 12.0. The number of hydrogen-bond acceptors (Lipinski definition) is 4. The van der Waals surface area contributed by atoms with Gasteiger partial charge in [-0.05, 0) is 44.2 Å². The minimum absolute atomic E-state index is 0.0333. The van der Waals surface area contributed by atoms with Crippen molar-refractivity contribution in [2.75, 3.05) is 33.4 Å². The molecule has 1 aromatic rings. The zero-order valence-electron chi connectivity index (χ0n) is 16.3. The van der Waals surface area contributed by atoms with E-state index in [4.69, 9.17) is 9.47 Å². The van der Waals surface area contributed by atoms with Crippen LogP contribution in [-0.2, 0) is 9.59 Å². The van der Waals surface area contributed by atoms with Crippen molar-refractivity contribution in [3.8, 4) is 11.5 Å². The number of rotatable bonds is 10. The van der Waals surface area contributed by atoms with Gasteiger partial charge in [0, 0.05) is 26.6 Å². The number of methoxy groups -OCH3 is 1. The minimum Gasteiger partial charge on any atom is -0.493 e. The summed E-state index contributed by atoms with van der Waals surface area (Å²) in [5.41, 5.74) is 1.45. The molecule has 0 unspecified atom stereocenters. The molecule has 0 radical (unpaired) electrons. The molecule has 1 aliphatic carbocycles. The second kappa shape index (κ2) is 11.3. The number of para-hydroxylation sites is 2. The van der Waals surface area contributed by atoms with Crippen LogP contribution in [0.5, 0.6) is 11.5 Å². The van der Waals surface area contributed by atoms with Crippen molar-refractivity contribution in [1.29, 1.82) is 0 Å². The summed E-state index contributed by atoms with van der Waals surface area (Å²) >= 11 is 0. The van der Waals surface area contributed by atoms with E-state index in [2.05, 4.69) is 11.4 Å². The first-order valence-electron chi connectivity index (χ1n) is 9.56. The summed E-state index contributed by atoms with van der Waals surface area (Å²) in [6.07, 6.45) is 8.03. The van der Waals surface area contributed by atoms with E-state index in [1.165, 1.54) is 18.4 Å². The maximum Gasteiger partial charge on any atom is 0.258 e. The lowest BCUT2D eigenvalue weighted by molar-refractivity contribution is -0.129. The molecule has 0 saturated carbocycles. The number of nitrogens with one attached hydrogen (secondary N) is 1. The van der Waals surface area contributed by atoms with Crippen LogP contribution in [0.3, 0.4) is 0 Å². The number of carbonyl (C=O) groups is 2. The van der Waals surface area contributed by atoms with E-state index in [9.17, 15) is 9.59 Å². The predicted octanol–water partition coefficient (Wildman–Crippen LogP) is 2.93. The van der Waals surface area contributed by atoms with Crippen LogP contribution >= 0.6 is 0 Å². The number of hydrogen-bond donors (Lipinski definition) is 1. The molecule has 0 aliphatic heterocycles. The van der Waals surface area contributed by atoms with Gasteiger partial charge in [0.05, 0.1) is 7.11 Å². The molecule has 2 amide bonds. The van der Waals surface area contributed by atoms with E-state index in [0.29, 0.717) is 31.1 Å². The largest absolute Gasteiger partial charge is 0.493 e. The van der Waals surface area contributed by atoms with Gasteiger partial charge < -0.3 is 19.7 Å². The normalized spacial score (nSPS) is 13.5. The molecule has 148 valence electrons. The first-order valence-corrected chi connectivity index (χ1v) is 9.56. The molecule has 0 bridgehead atoms. The van der Waals surface area contributed by atoms with Crippen LogP contribution in [0.1, 0.15) is 39.0 Å². The van der Waals surface area contributed by atoms with E-state index in [0.717, 1.165) is 19.3 Å². The van der Waals surface area contributed by atoms with Gasteiger partial charge in [-0.3, -0.25) is 9.59 Å². The first-order chi connectivity index (χ1) is 13.1. The lowest BCUT2D eigenvalue weighted by atomic mass is 9.97. The van der Waals surface area contributed by atoms with Gasteiger partial charge in [0.2, 0.25) is 5.91 Å². The lowest BCUT2D eigenvalue weighted by Gasteiger charge is -2.23. The Hall–Kier alpha value is -2.50. The summed E-state index contributed by atoms with van der Waals surface area (Å²) in [5.74, 6) is 0.927. The molecule has 1 aliphatic rings. The fraction of sp³-hybridized carbons (Fsp3) is 0.524. The minimum atomic E-state index is -0.223. The van der Waals surface area contributed by atoms with Crippen molar-refractivity contribution in [3.63, 3.8) is 0 Å². The molecule has 1 aromatic carbocycles. The highest BCUT2D eigenvalue weighted by atomic mass is 16.5. The van der Waals surface area contributed by atoms with Crippen LogP contribution in [0.15, 0.2) is 35.9 Å². The molecular weight excluding hydrogens is 344 g/mol. The smallest absolute Gasteiger partial charge is 0.258 e. The van der Waals surface area contributed by atoms with Gasteiger partial charge in [0.25, 0.3) is 5.91 Å². The van der Waals surface area contributed by atoms with Crippen molar-refractivity contribution in [1.82, 2.24) is 10.2 Å². The Morgan fingerprint density at radius 3 is 2.59 bits per heavy atom. The van der Waals surface area contributed by atoms with Crippen molar-refractivity contribution in [2.24, 2.45) is 0 Å². The topological polar surface area (TPSA) is 67.9 Å².